The lowest BCUT2D eigenvalue weighted by atomic mass is 9.72. The maximum Gasteiger partial charge on any atom is 0.150 e. The van der Waals surface area contributed by atoms with Crippen LogP contribution in [0.4, 0.5) is 11.5 Å². The molecule has 0 saturated carbocycles. The topological polar surface area (TPSA) is 70.1 Å². The van der Waals surface area contributed by atoms with Crippen molar-refractivity contribution in [1.82, 2.24) is 9.88 Å². The Labute approximate surface area is 240 Å². The van der Waals surface area contributed by atoms with Crippen molar-refractivity contribution >= 4 is 35.5 Å². The lowest BCUT2D eigenvalue weighted by Crippen LogP contribution is -2.60. The van der Waals surface area contributed by atoms with Crippen molar-refractivity contribution in [1.29, 1.82) is 0 Å². The van der Waals surface area contributed by atoms with E-state index in [1.165, 1.54) is 25.9 Å². The maximum absolute atomic E-state index is 10.8. The van der Waals surface area contributed by atoms with Gasteiger partial charge in [-0.1, -0.05) is 38.6 Å². The number of likely N-dealkylation sites (tertiary alicyclic amines) is 1. The quantitative estimate of drug-likeness (QED) is 0.160. The van der Waals surface area contributed by atoms with Crippen molar-refractivity contribution in [3.63, 3.8) is 0 Å². The van der Waals surface area contributed by atoms with Crippen LogP contribution in [0.15, 0.2) is 66.5 Å². The fraction of sp³-hybridized carbons (Fsp3) is 0.424. The fourth-order valence-electron chi connectivity index (χ4n) is 4.99. The molecule has 2 fully saturated rings. The van der Waals surface area contributed by atoms with E-state index in [0.29, 0.717) is 11.0 Å². The van der Waals surface area contributed by atoms with E-state index in [1.807, 2.05) is 43.4 Å². The summed E-state index contributed by atoms with van der Waals surface area (Å²) < 4.78 is 5.70. The Morgan fingerprint density at radius 3 is 2.55 bits per heavy atom. The van der Waals surface area contributed by atoms with Gasteiger partial charge in [0.05, 0.1) is 6.26 Å². The molecule has 1 spiro atoms. The van der Waals surface area contributed by atoms with Crippen LogP contribution in [0.5, 0.6) is 0 Å². The molecule has 2 aliphatic rings. The molecule has 0 unspecified atom stereocenters. The summed E-state index contributed by atoms with van der Waals surface area (Å²) in [6.07, 6.45) is 14.5. The molecule has 4 rings (SSSR count). The molecule has 7 heteroatoms. The number of aliphatic imine (C=N–C) groups is 1. The number of nitrogens with zero attached hydrogens (tertiary/aromatic N) is 4. The van der Waals surface area contributed by atoms with Gasteiger partial charge in [0.15, 0.2) is 0 Å². The Balaban J connectivity index is 0.000000224. The van der Waals surface area contributed by atoms with E-state index in [1.54, 1.807) is 25.6 Å². The van der Waals surface area contributed by atoms with Gasteiger partial charge in [0, 0.05) is 55.0 Å². The molecule has 3 heterocycles. The van der Waals surface area contributed by atoms with Crippen LogP contribution in [0.3, 0.4) is 0 Å². The highest BCUT2D eigenvalue weighted by Crippen LogP contribution is 2.41. The Hall–Kier alpha value is -3.71. The minimum Gasteiger partial charge on any atom is -0.465 e. The molecule has 2 saturated heterocycles. The minimum atomic E-state index is 0.505. The van der Waals surface area contributed by atoms with Crippen LogP contribution in [-0.2, 0) is 4.74 Å². The van der Waals surface area contributed by atoms with Crippen LogP contribution >= 0.6 is 0 Å². The summed E-state index contributed by atoms with van der Waals surface area (Å²) >= 11 is 0. The lowest BCUT2D eigenvalue weighted by molar-refractivity contribution is 0.0900. The molecule has 214 valence electrons. The van der Waals surface area contributed by atoms with Crippen molar-refractivity contribution in [2.24, 2.45) is 10.4 Å². The summed E-state index contributed by atoms with van der Waals surface area (Å²) in [4.78, 5) is 24.1. The number of carbonyl (C=O) groups is 1. The molecule has 0 radical (unpaired) electrons. The molecule has 2 aliphatic heterocycles. The van der Waals surface area contributed by atoms with Gasteiger partial charge in [0.2, 0.25) is 0 Å². The third kappa shape index (κ3) is 8.15. The molecule has 2 aromatic rings. The van der Waals surface area contributed by atoms with Gasteiger partial charge in [-0.25, -0.2) is 4.98 Å². The monoisotopic (exact) mass is 543 g/mol. The van der Waals surface area contributed by atoms with E-state index < -0.39 is 0 Å². The van der Waals surface area contributed by atoms with Crippen molar-refractivity contribution in [3.05, 3.63) is 78.2 Å². The molecular weight excluding hydrogens is 498 g/mol. The number of allylic oxidation sites excluding steroid dienone is 2. The number of hydrogen-bond acceptors (Lipinski definition) is 6. The molecular formula is C33H45N5O2. The predicted octanol–water partition coefficient (Wildman–Crippen LogP) is 6.91. The molecule has 7 nitrogen and oxygen atoms in total. The number of anilines is 2. The summed E-state index contributed by atoms with van der Waals surface area (Å²) in [5, 5.41) is 3.36. The SMILES string of the molecule is C=Cc1ccc(/C(=C/C)O/C=C/CC)cc1NC(CC)=NC.CN1CCC2(CC1)CN(c1cc(C=O)ccn1)C2. The van der Waals surface area contributed by atoms with E-state index in [-0.39, 0.29) is 0 Å². The van der Waals surface area contributed by atoms with E-state index in [2.05, 4.69) is 58.6 Å². The van der Waals surface area contributed by atoms with Gasteiger partial charge >= 0.3 is 0 Å². The Kier molecular flexibility index (Phi) is 11.7. The third-order valence-corrected chi connectivity index (χ3v) is 7.56. The summed E-state index contributed by atoms with van der Waals surface area (Å²) in [6, 6.07) is 9.76. The maximum atomic E-state index is 10.8. The first kappa shape index (κ1) is 30.8. The van der Waals surface area contributed by atoms with Crippen molar-refractivity contribution < 1.29 is 9.53 Å². The van der Waals surface area contributed by atoms with Gasteiger partial charge in [-0.2, -0.15) is 0 Å². The smallest absolute Gasteiger partial charge is 0.150 e. The number of aldehydes is 1. The highest BCUT2D eigenvalue weighted by Gasteiger charge is 2.44. The zero-order valence-electron chi connectivity index (χ0n) is 24.8. The number of carbonyl (C=O) groups excluding carboxylic acids is 1. The second-order valence-corrected chi connectivity index (χ2v) is 10.4. The van der Waals surface area contributed by atoms with Crippen LogP contribution < -0.4 is 10.2 Å². The van der Waals surface area contributed by atoms with Gasteiger partial charge in [-0.3, -0.25) is 9.79 Å². The number of ether oxygens (including phenoxy) is 1. The molecule has 0 aliphatic carbocycles. The molecule has 1 N–H and O–H groups in total. The van der Waals surface area contributed by atoms with E-state index in [9.17, 15) is 4.79 Å². The summed E-state index contributed by atoms with van der Waals surface area (Å²) in [5.74, 6) is 2.72. The van der Waals surface area contributed by atoms with Crippen molar-refractivity contribution in [2.45, 2.75) is 46.5 Å². The lowest BCUT2D eigenvalue weighted by Gasteiger charge is -2.54. The summed E-state index contributed by atoms with van der Waals surface area (Å²) in [7, 11) is 3.98. The second-order valence-electron chi connectivity index (χ2n) is 10.4. The molecule has 1 aromatic heterocycles. The van der Waals surface area contributed by atoms with Crippen LogP contribution in [0.25, 0.3) is 11.8 Å². The van der Waals surface area contributed by atoms with Gasteiger partial charge in [0.25, 0.3) is 0 Å². The number of rotatable bonds is 9. The van der Waals surface area contributed by atoms with E-state index >= 15 is 0 Å². The molecule has 0 atom stereocenters. The number of aromatic nitrogens is 1. The Bertz CT molecular complexity index is 1220. The Morgan fingerprint density at radius 1 is 1.20 bits per heavy atom. The van der Waals surface area contributed by atoms with Crippen LogP contribution in [0.1, 0.15) is 67.9 Å². The number of amidine groups is 1. The zero-order valence-corrected chi connectivity index (χ0v) is 24.8. The number of pyridine rings is 1. The van der Waals surface area contributed by atoms with Gasteiger partial charge in [-0.15, -0.1) is 0 Å². The van der Waals surface area contributed by atoms with Gasteiger partial charge in [-0.05, 0) is 82.2 Å². The first-order valence-electron chi connectivity index (χ1n) is 14.2. The van der Waals surface area contributed by atoms with Crippen LogP contribution in [0.2, 0.25) is 0 Å². The average Bonchev–Trinajstić information content (AvgIpc) is 2.98. The molecule has 0 bridgehead atoms. The first-order valence-corrected chi connectivity index (χ1v) is 14.2. The van der Waals surface area contributed by atoms with E-state index in [0.717, 1.165) is 66.4 Å². The standard InChI is InChI=1S/C19H26N2O.C14H19N3O/c1-6-10-13-22-18(8-3)16-12-11-15(7-2)17(14-16)21-19(9-4)20-5;1-16-6-3-14(4-7-16)10-17(11-14)13-8-12(9-18)2-5-15-13/h7-8,10-14H,2,6,9H2,1,3-5H3,(H,20,21);2,5,8-9H,3-4,6-7,10-11H2,1H3/b13-10+,18-8-;. The van der Waals surface area contributed by atoms with Crippen LogP contribution in [-0.4, -0.2) is 62.3 Å². The van der Waals surface area contributed by atoms with Gasteiger partial charge in [0.1, 0.15) is 23.7 Å². The largest absolute Gasteiger partial charge is 0.465 e. The number of nitrogens with one attached hydrogen (secondary N) is 1. The Morgan fingerprint density at radius 2 is 1.95 bits per heavy atom. The summed E-state index contributed by atoms with van der Waals surface area (Å²) in [6.45, 7) is 14.6. The highest BCUT2D eigenvalue weighted by molar-refractivity contribution is 5.97. The third-order valence-electron chi connectivity index (χ3n) is 7.56. The summed E-state index contributed by atoms with van der Waals surface area (Å²) in [5.41, 5.74) is 4.26. The normalized spacial score (nSPS) is 17.2. The van der Waals surface area contributed by atoms with Crippen LogP contribution in [0, 0.1) is 5.41 Å². The molecule has 1 aromatic carbocycles. The number of benzene rings is 1. The zero-order chi connectivity index (χ0) is 29.0. The van der Waals surface area contributed by atoms with E-state index in [4.69, 9.17) is 4.74 Å². The van der Waals surface area contributed by atoms with Crippen molar-refractivity contribution in [2.75, 3.05) is 50.5 Å². The highest BCUT2D eigenvalue weighted by atomic mass is 16.5. The number of piperidine rings is 1. The molecule has 0 amide bonds. The van der Waals surface area contributed by atoms with Crippen molar-refractivity contribution in [3.8, 4) is 0 Å². The molecule has 40 heavy (non-hydrogen) atoms. The minimum absolute atomic E-state index is 0.505. The fourth-order valence-corrected chi connectivity index (χ4v) is 4.99. The second kappa shape index (κ2) is 15.2. The number of hydrogen-bond donors (Lipinski definition) is 1. The van der Waals surface area contributed by atoms with Gasteiger partial charge < -0.3 is 19.9 Å². The predicted molar refractivity (Wildman–Crippen MR) is 169 cm³/mol. The average molecular weight is 544 g/mol. The first-order chi connectivity index (χ1) is 19.4.